The highest BCUT2D eigenvalue weighted by molar-refractivity contribution is 6.30. The number of benzene rings is 1. The van der Waals surface area contributed by atoms with Crippen molar-refractivity contribution in [3.8, 4) is 0 Å². The predicted molar refractivity (Wildman–Crippen MR) is 83.1 cm³/mol. The van der Waals surface area contributed by atoms with Crippen molar-refractivity contribution >= 4 is 17.3 Å². The molecule has 1 N–H and O–H groups in total. The molecule has 0 amide bonds. The summed E-state index contributed by atoms with van der Waals surface area (Å²) in [5.41, 5.74) is 2.49. The molecular weight excluding hydrogens is 270 g/mol. The van der Waals surface area contributed by atoms with Crippen LogP contribution in [0.2, 0.25) is 5.02 Å². The third kappa shape index (κ3) is 3.30. The molecule has 1 atom stereocenters. The van der Waals surface area contributed by atoms with Gasteiger partial charge in [0.05, 0.1) is 0 Å². The van der Waals surface area contributed by atoms with Gasteiger partial charge in [0.2, 0.25) is 0 Å². The van der Waals surface area contributed by atoms with Gasteiger partial charge in [-0.1, -0.05) is 17.7 Å². The van der Waals surface area contributed by atoms with Crippen molar-refractivity contribution in [1.29, 1.82) is 0 Å². The average molecular weight is 288 g/mol. The first-order valence-corrected chi connectivity index (χ1v) is 7.32. The van der Waals surface area contributed by atoms with E-state index in [1.54, 1.807) is 0 Å². The summed E-state index contributed by atoms with van der Waals surface area (Å²) in [4.78, 5) is 6.42. The van der Waals surface area contributed by atoms with Crippen molar-refractivity contribution in [3.63, 3.8) is 0 Å². The Hall–Kier alpha value is -1.58. The maximum Gasteiger partial charge on any atom is 0.0426 e. The highest BCUT2D eigenvalue weighted by Crippen LogP contribution is 2.23. The molecule has 0 unspecified atom stereocenters. The quantitative estimate of drug-likeness (QED) is 0.936. The van der Waals surface area contributed by atoms with E-state index >= 15 is 0 Å². The molecule has 1 aromatic heterocycles. The van der Waals surface area contributed by atoms with Crippen molar-refractivity contribution in [2.45, 2.75) is 19.0 Å². The summed E-state index contributed by atoms with van der Waals surface area (Å²) in [5.74, 6) is 0. The summed E-state index contributed by atoms with van der Waals surface area (Å²) in [7, 11) is 0. The summed E-state index contributed by atoms with van der Waals surface area (Å²) in [6.45, 7) is 3.01. The number of rotatable bonds is 4. The van der Waals surface area contributed by atoms with Gasteiger partial charge >= 0.3 is 0 Å². The number of pyridine rings is 1. The fraction of sp³-hybridized carbons (Fsp3) is 0.312. The van der Waals surface area contributed by atoms with E-state index in [1.165, 1.54) is 11.3 Å². The molecule has 3 nitrogen and oxygen atoms in total. The van der Waals surface area contributed by atoms with Crippen molar-refractivity contribution in [1.82, 2.24) is 10.3 Å². The van der Waals surface area contributed by atoms with Crippen molar-refractivity contribution < 1.29 is 0 Å². The topological polar surface area (TPSA) is 28.2 Å². The van der Waals surface area contributed by atoms with Crippen LogP contribution in [0.5, 0.6) is 0 Å². The van der Waals surface area contributed by atoms with Crippen LogP contribution in [0.25, 0.3) is 0 Å². The van der Waals surface area contributed by atoms with E-state index in [1.807, 2.05) is 30.6 Å². The molecule has 0 bridgehead atoms. The van der Waals surface area contributed by atoms with Gasteiger partial charge in [-0.3, -0.25) is 4.98 Å². The third-order valence-corrected chi connectivity index (χ3v) is 3.94. The molecule has 0 radical (unpaired) electrons. The number of nitrogens with one attached hydrogen (secondary N) is 1. The predicted octanol–water partition coefficient (Wildman–Crippen LogP) is 3.10. The maximum atomic E-state index is 6.05. The SMILES string of the molecule is Clc1cccc(N2CC[C@@H](NCc3ccncc3)C2)c1. The van der Waals surface area contributed by atoms with Gasteiger partial charge < -0.3 is 10.2 Å². The Morgan fingerprint density at radius 3 is 2.90 bits per heavy atom. The zero-order valence-corrected chi connectivity index (χ0v) is 12.1. The summed E-state index contributed by atoms with van der Waals surface area (Å²) >= 11 is 6.05. The standard InChI is InChI=1S/C16H18ClN3/c17-14-2-1-3-16(10-14)20-9-6-15(12-20)19-11-13-4-7-18-8-5-13/h1-5,7-8,10,15,19H,6,9,11-12H2/t15-/m1/s1. The van der Waals surface area contributed by atoms with Crippen LogP contribution in [-0.2, 0) is 6.54 Å². The minimum absolute atomic E-state index is 0.530. The largest absolute Gasteiger partial charge is 0.370 e. The zero-order chi connectivity index (χ0) is 13.8. The average Bonchev–Trinajstić information content (AvgIpc) is 2.95. The molecule has 20 heavy (non-hydrogen) atoms. The van der Waals surface area contributed by atoms with Gasteiger partial charge in [-0.15, -0.1) is 0 Å². The number of hydrogen-bond acceptors (Lipinski definition) is 3. The van der Waals surface area contributed by atoms with Crippen LogP contribution in [0.1, 0.15) is 12.0 Å². The molecule has 3 rings (SSSR count). The van der Waals surface area contributed by atoms with Gasteiger partial charge in [0, 0.05) is 48.8 Å². The van der Waals surface area contributed by atoms with Crippen molar-refractivity contribution in [3.05, 3.63) is 59.4 Å². The third-order valence-electron chi connectivity index (χ3n) is 3.71. The van der Waals surface area contributed by atoms with Crippen LogP contribution < -0.4 is 10.2 Å². The maximum absolute atomic E-state index is 6.05. The second-order valence-electron chi connectivity index (χ2n) is 5.15. The van der Waals surface area contributed by atoms with Crippen LogP contribution in [0.3, 0.4) is 0 Å². The minimum atomic E-state index is 0.530. The summed E-state index contributed by atoms with van der Waals surface area (Å²) in [6.07, 6.45) is 4.84. The van der Waals surface area contributed by atoms with E-state index in [0.29, 0.717) is 6.04 Å². The molecule has 4 heteroatoms. The Labute approximate surface area is 124 Å². The van der Waals surface area contributed by atoms with Crippen molar-refractivity contribution in [2.75, 3.05) is 18.0 Å². The molecule has 1 saturated heterocycles. The molecule has 2 aromatic rings. The molecule has 1 aromatic carbocycles. The number of hydrogen-bond donors (Lipinski definition) is 1. The van der Waals surface area contributed by atoms with E-state index in [0.717, 1.165) is 31.1 Å². The number of halogens is 1. The summed E-state index contributed by atoms with van der Waals surface area (Å²) in [5, 5.41) is 4.41. The van der Waals surface area contributed by atoms with E-state index < -0.39 is 0 Å². The van der Waals surface area contributed by atoms with Crippen molar-refractivity contribution in [2.24, 2.45) is 0 Å². The van der Waals surface area contributed by atoms with Gasteiger partial charge in [0.15, 0.2) is 0 Å². The van der Waals surface area contributed by atoms with Crippen LogP contribution >= 0.6 is 11.6 Å². The molecule has 0 spiro atoms. The molecule has 104 valence electrons. The first-order chi connectivity index (χ1) is 9.81. The van der Waals surface area contributed by atoms with E-state index in [2.05, 4.69) is 33.4 Å². The minimum Gasteiger partial charge on any atom is -0.370 e. The number of aromatic nitrogens is 1. The van der Waals surface area contributed by atoms with E-state index in [4.69, 9.17) is 11.6 Å². The Morgan fingerprint density at radius 2 is 2.10 bits per heavy atom. The van der Waals surface area contributed by atoms with Crippen LogP contribution in [-0.4, -0.2) is 24.1 Å². The Morgan fingerprint density at radius 1 is 1.25 bits per heavy atom. The lowest BCUT2D eigenvalue weighted by atomic mass is 10.2. The highest BCUT2D eigenvalue weighted by Gasteiger charge is 2.22. The lowest BCUT2D eigenvalue weighted by molar-refractivity contribution is 0.551. The molecular formula is C16H18ClN3. The first kappa shape index (κ1) is 13.4. The van der Waals surface area contributed by atoms with Crippen LogP contribution in [0, 0.1) is 0 Å². The van der Waals surface area contributed by atoms with Gasteiger partial charge in [0.25, 0.3) is 0 Å². The van der Waals surface area contributed by atoms with E-state index in [-0.39, 0.29) is 0 Å². The highest BCUT2D eigenvalue weighted by atomic mass is 35.5. The summed E-state index contributed by atoms with van der Waals surface area (Å²) in [6, 6.07) is 12.7. The summed E-state index contributed by atoms with van der Waals surface area (Å²) < 4.78 is 0. The Kier molecular flexibility index (Phi) is 4.19. The lowest BCUT2D eigenvalue weighted by Crippen LogP contribution is -2.32. The van der Waals surface area contributed by atoms with Crippen LogP contribution in [0.15, 0.2) is 48.8 Å². The number of anilines is 1. The Bertz CT molecular complexity index is 559. The number of nitrogens with zero attached hydrogens (tertiary/aromatic N) is 2. The Balaban J connectivity index is 1.55. The second kappa shape index (κ2) is 6.25. The molecule has 1 aliphatic heterocycles. The molecule has 1 fully saturated rings. The molecule has 2 heterocycles. The van der Waals surface area contributed by atoms with Gasteiger partial charge in [0.1, 0.15) is 0 Å². The van der Waals surface area contributed by atoms with Crippen LogP contribution in [0.4, 0.5) is 5.69 Å². The smallest absolute Gasteiger partial charge is 0.0426 e. The van der Waals surface area contributed by atoms with E-state index in [9.17, 15) is 0 Å². The second-order valence-corrected chi connectivity index (χ2v) is 5.58. The molecule has 1 aliphatic rings. The van der Waals surface area contributed by atoms with Gasteiger partial charge in [-0.05, 0) is 42.3 Å². The van der Waals surface area contributed by atoms with Gasteiger partial charge in [-0.2, -0.15) is 0 Å². The fourth-order valence-corrected chi connectivity index (χ4v) is 2.78. The fourth-order valence-electron chi connectivity index (χ4n) is 2.60. The van der Waals surface area contributed by atoms with Gasteiger partial charge in [-0.25, -0.2) is 0 Å². The monoisotopic (exact) mass is 287 g/mol. The zero-order valence-electron chi connectivity index (χ0n) is 11.3. The normalized spacial score (nSPS) is 18.4. The molecule has 0 aliphatic carbocycles. The lowest BCUT2D eigenvalue weighted by Gasteiger charge is -2.19. The molecule has 0 saturated carbocycles. The first-order valence-electron chi connectivity index (χ1n) is 6.94.